The highest BCUT2D eigenvalue weighted by Crippen LogP contribution is 2.29. The van der Waals surface area contributed by atoms with Gasteiger partial charge in [-0.05, 0) is 42.8 Å². The molecule has 2 aromatic rings. The molecule has 0 saturated carbocycles. The summed E-state index contributed by atoms with van der Waals surface area (Å²) in [5.74, 6) is 0. The molecule has 1 aromatic carbocycles. The van der Waals surface area contributed by atoms with E-state index in [9.17, 15) is 0 Å². The lowest BCUT2D eigenvalue weighted by Gasteiger charge is -2.04. The number of nitrogens with zero attached hydrogens (tertiary/aromatic N) is 1. The Bertz CT molecular complexity index is 494. The summed E-state index contributed by atoms with van der Waals surface area (Å²) < 4.78 is 5.28. The number of aliphatic hydroxyl groups is 1. The van der Waals surface area contributed by atoms with Crippen LogP contribution in [0.2, 0.25) is 0 Å². The highest BCUT2D eigenvalue weighted by atomic mass is 32.2. The van der Waals surface area contributed by atoms with Crippen molar-refractivity contribution in [2.45, 2.75) is 30.6 Å². The Hall–Kier alpha value is -1.26. The molecule has 0 aliphatic rings. The number of oxazole rings is 1. The van der Waals surface area contributed by atoms with Gasteiger partial charge in [0.25, 0.3) is 5.22 Å². The van der Waals surface area contributed by atoms with Gasteiger partial charge in [-0.3, -0.25) is 0 Å². The van der Waals surface area contributed by atoms with E-state index in [1.165, 1.54) is 11.8 Å². The first-order valence-corrected chi connectivity index (χ1v) is 5.81. The van der Waals surface area contributed by atoms with Crippen LogP contribution in [-0.2, 0) is 6.61 Å². The Labute approximate surface area is 98.5 Å². The van der Waals surface area contributed by atoms with Crippen LogP contribution in [0, 0.1) is 13.8 Å². The minimum absolute atomic E-state index is 0.0733. The molecule has 3 nitrogen and oxygen atoms in total. The minimum atomic E-state index is 0.0733. The molecule has 1 aromatic heterocycles. The monoisotopic (exact) mass is 235 g/mol. The molecule has 0 unspecified atom stereocenters. The molecule has 1 N–H and O–H groups in total. The van der Waals surface area contributed by atoms with Gasteiger partial charge in [-0.1, -0.05) is 12.1 Å². The van der Waals surface area contributed by atoms with Gasteiger partial charge in [0.05, 0.1) is 12.3 Å². The average molecular weight is 235 g/mol. The van der Waals surface area contributed by atoms with E-state index in [4.69, 9.17) is 9.52 Å². The normalized spacial score (nSPS) is 10.7. The molecule has 0 fully saturated rings. The summed E-state index contributed by atoms with van der Waals surface area (Å²) in [5, 5.41) is 9.66. The number of aryl methyl sites for hydroxylation is 2. The molecule has 0 amide bonds. The van der Waals surface area contributed by atoms with Crippen LogP contribution >= 0.6 is 11.8 Å². The Balaban J connectivity index is 2.21. The number of benzene rings is 1. The smallest absolute Gasteiger partial charge is 0.260 e. The molecule has 4 heteroatoms. The molecule has 0 aliphatic carbocycles. The van der Waals surface area contributed by atoms with E-state index in [0.717, 1.165) is 21.7 Å². The van der Waals surface area contributed by atoms with E-state index in [-0.39, 0.29) is 6.61 Å². The van der Waals surface area contributed by atoms with E-state index in [1.54, 1.807) is 6.26 Å². The van der Waals surface area contributed by atoms with Gasteiger partial charge >= 0.3 is 0 Å². The molecular formula is C12H13NO2S. The Morgan fingerprint density at radius 2 is 2.19 bits per heavy atom. The van der Waals surface area contributed by atoms with E-state index < -0.39 is 0 Å². The predicted octanol–water partition coefficient (Wildman–Crippen LogP) is 2.93. The molecule has 1 heterocycles. The Morgan fingerprint density at radius 1 is 1.38 bits per heavy atom. The van der Waals surface area contributed by atoms with Crippen molar-refractivity contribution in [1.82, 2.24) is 4.98 Å². The van der Waals surface area contributed by atoms with Gasteiger partial charge in [-0.25, -0.2) is 4.98 Å². The van der Waals surface area contributed by atoms with Crippen LogP contribution < -0.4 is 0 Å². The van der Waals surface area contributed by atoms with Crippen molar-refractivity contribution < 1.29 is 9.52 Å². The number of hydrogen-bond donors (Lipinski definition) is 1. The molecule has 16 heavy (non-hydrogen) atoms. The van der Waals surface area contributed by atoms with Gasteiger partial charge < -0.3 is 9.52 Å². The van der Waals surface area contributed by atoms with Gasteiger partial charge in [0.1, 0.15) is 6.26 Å². The second kappa shape index (κ2) is 4.72. The summed E-state index contributed by atoms with van der Waals surface area (Å²) in [6, 6.07) is 5.86. The second-order valence-electron chi connectivity index (χ2n) is 3.61. The summed E-state index contributed by atoms with van der Waals surface area (Å²) in [5.41, 5.74) is 2.92. The van der Waals surface area contributed by atoms with Crippen LogP contribution in [0.25, 0.3) is 0 Å². The summed E-state index contributed by atoms with van der Waals surface area (Å²) in [7, 11) is 0. The van der Waals surface area contributed by atoms with Crippen molar-refractivity contribution in [2.24, 2.45) is 0 Å². The molecule has 0 bridgehead atoms. The fourth-order valence-corrected chi connectivity index (χ4v) is 2.23. The quantitative estimate of drug-likeness (QED) is 0.888. The molecule has 0 atom stereocenters. The van der Waals surface area contributed by atoms with E-state index >= 15 is 0 Å². The van der Waals surface area contributed by atoms with Crippen molar-refractivity contribution in [3.05, 3.63) is 41.3 Å². The van der Waals surface area contributed by atoms with Crippen molar-refractivity contribution in [2.75, 3.05) is 0 Å². The number of aromatic nitrogens is 1. The highest BCUT2D eigenvalue weighted by Gasteiger charge is 2.06. The topological polar surface area (TPSA) is 46.3 Å². The number of rotatable bonds is 3. The molecule has 2 rings (SSSR count). The fraction of sp³-hybridized carbons (Fsp3) is 0.250. The fourth-order valence-electron chi connectivity index (χ4n) is 1.40. The van der Waals surface area contributed by atoms with Gasteiger partial charge in [0.2, 0.25) is 0 Å². The summed E-state index contributed by atoms with van der Waals surface area (Å²) in [4.78, 5) is 5.33. The first-order valence-electron chi connectivity index (χ1n) is 4.99. The largest absolute Gasteiger partial charge is 0.439 e. The highest BCUT2D eigenvalue weighted by molar-refractivity contribution is 7.99. The third-order valence-electron chi connectivity index (χ3n) is 2.22. The van der Waals surface area contributed by atoms with Crippen molar-refractivity contribution in [3.63, 3.8) is 0 Å². The maximum absolute atomic E-state index is 9.01. The van der Waals surface area contributed by atoms with Crippen molar-refractivity contribution >= 4 is 11.8 Å². The first kappa shape index (κ1) is 11.2. The SMILES string of the molecule is Cc1coc(Sc2ccc(CO)cc2C)n1. The predicted molar refractivity (Wildman–Crippen MR) is 62.5 cm³/mol. The van der Waals surface area contributed by atoms with Crippen LogP contribution in [0.3, 0.4) is 0 Å². The third kappa shape index (κ3) is 2.46. The van der Waals surface area contributed by atoms with Crippen LogP contribution in [0.1, 0.15) is 16.8 Å². The molecule has 0 saturated heterocycles. The Morgan fingerprint density at radius 3 is 2.75 bits per heavy atom. The molecule has 0 aliphatic heterocycles. The van der Waals surface area contributed by atoms with E-state index in [2.05, 4.69) is 4.98 Å². The number of aliphatic hydroxyl groups excluding tert-OH is 1. The van der Waals surface area contributed by atoms with Gasteiger partial charge in [-0.15, -0.1) is 0 Å². The second-order valence-corrected chi connectivity index (χ2v) is 4.61. The van der Waals surface area contributed by atoms with Gasteiger partial charge in [-0.2, -0.15) is 0 Å². The van der Waals surface area contributed by atoms with Gasteiger partial charge in [0, 0.05) is 4.90 Å². The minimum Gasteiger partial charge on any atom is -0.439 e. The lowest BCUT2D eigenvalue weighted by Crippen LogP contribution is -1.86. The van der Waals surface area contributed by atoms with E-state index in [1.807, 2.05) is 32.0 Å². The van der Waals surface area contributed by atoms with Crippen LogP contribution in [-0.4, -0.2) is 10.1 Å². The van der Waals surface area contributed by atoms with Crippen molar-refractivity contribution in [3.8, 4) is 0 Å². The van der Waals surface area contributed by atoms with Crippen LogP contribution in [0.4, 0.5) is 0 Å². The van der Waals surface area contributed by atoms with E-state index in [0.29, 0.717) is 5.22 Å². The third-order valence-corrected chi connectivity index (χ3v) is 3.26. The molecular weight excluding hydrogens is 222 g/mol. The Kier molecular flexibility index (Phi) is 3.31. The summed E-state index contributed by atoms with van der Waals surface area (Å²) >= 11 is 1.49. The lowest BCUT2D eigenvalue weighted by molar-refractivity contribution is 0.281. The zero-order valence-electron chi connectivity index (χ0n) is 9.23. The van der Waals surface area contributed by atoms with Crippen LogP contribution in [0.15, 0.2) is 39.0 Å². The molecule has 0 radical (unpaired) electrons. The standard InChI is InChI=1S/C12H13NO2S/c1-8-5-10(6-14)3-4-11(8)16-12-13-9(2)7-15-12/h3-5,7,14H,6H2,1-2H3. The lowest BCUT2D eigenvalue weighted by atomic mass is 10.1. The van der Waals surface area contributed by atoms with Crippen LogP contribution in [0.5, 0.6) is 0 Å². The number of hydrogen-bond acceptors (Lipinski definition) is 4. The zero-order chi connectivity index (χ0) is 11.5. The molecule has 84 valence electrons. The maximum Gasteiger partial charge on any atom is 0.260 e. The van der Waals surface area contributed by atoms with Gasteiger partial charge in [0.15, 0.2) is 0 Å². The molecule has 0 spiro atoms. The zero-order valence-corrected chi connectivity index (χ0v) is 10.0. The van der Waals surface area contributed by atoms with Crippen molar-refractivity contribution in [1.29, 1.82) is 0 Å². The summed E-state index contributed by atoms with van der Waals surface area (Å²) in [6.45, 7) is 3.98. The first-order chi connectivity index (χ1) is 7.69. The average Bonchev–Trinajstić information content (AvgIpc) is 2.67. The maximum atomic E-state index is 9.01. The summed E-state index contributed by atoms with van der Waals surface area (Å²) in [6.07, 6.45) is 1.64.